The first-order chi connectivity index (χ1) is 17.3. The van der Waals surface area contributed by atoms with Crippen molar-refractivity contribution in [2.45, 2.75) is 103 Å². The minimum Gasteiger partial charge on any atom is -0.304 e. The second-order valence-electron chi connectivity index (χ2n) is 12.0. The molecular formula is C30H48NO3PSSi. The smallest absolute Gasteiger partial charge is 0.304 e. The first kappa shape index (κ1) is 30.7. The van der Waals surface area contributed by atoms with Crippen LogP contribution in [0.25, 0.3) is 0 Å². The monoisotopic (exact) mass is 561 g/mol. The van der Waals surface area contributed by atoms with Crippen molar-refractivity contribution in [1.29, 1.82) is 0 Å². The molecule has 1 aliphatic rings. The maximum absolute atomic E-state index is 7.08. The zero-order valence-corrected chi connectivity index (χ0v) is 26.9. The minimum absolute atomic E-state index is 0.0873. The molecule has 0 saturated carbocycles. The topological polar surface area (TPSA) is 30.9 Å². The number of hydrogen-bond acceptors (Lipinski definition) is 5. The summed E-state index contributed by atoms with van der Waals surface area (Å²) in [5.41, 5.74) is -0.851. The van der Waals surface area contributed by atoms with Crippen LogP contribution in [-0.2, 0) is 25.4 Å². The van der Waals surface area contributed by atoms with Gasteiger partial charge in [0, 0.05) is 6.04 Å². The van der Waals surface area contributed by atoms with Crippen LogP contribution in [0.2, 0.25) is 12.6 Å². The highest BCUT2D eigenvalue weighted by Gasteiger charge is 2.44. The third-order valence-electron chi connectivity index (χ3n) is 8.12. The van der Waals surface area contributed by atoms with E-state index in [0.717, 1.165) is 31.9 Å². The van der Waals surface area contributed by atoms with Gasteiger partial charge in [0.15, 0.2) is 0 Å². The van der Waals surface area contributed by atoms with Crippen LogP contribution in [0.5, 0.6) is 0 Å². The summed E-state index contributed by atoms with van der Waals surface area (Å²) in [5, 5.41) is 2.82. The Hall–Kier alpha value is -0.853. The molecule has 206 valence electrons. The maximum atomic E-state index is 7.08. The SMILES string of the molecule is CCC(C)(C)OP(=S)(O[C@@H](C[Si](C)(c1ccccc1)c1ccccc1)[C@H]1CCCN1C)OC(C)(C)CC. The lowest BCUT2D eigenvalue weighted by Crippen LogP contribution is -2.59. The van der Waals surface area contributed by atoms with Gasteiger partial charge in [-0.1, -0.05) is 91.4 Å². The van der Waals surface area contributed by atoms with Gasteiger partial charge in [-0.2, -0.15) is 0 Å². The summed E-state index contributed by atoms with van der Waals surface area (Å²) < 4.78 is 20.4. The van der Waals surface area contributed by atoms with E-state index in [2.05, 4.69) is 121 Å². The molecule has 0 amide bonds. The van der Waals surface area contributed by atoms with Crippen LogP contribution in [-0.4, -0.2) is 49.9 Å². The molecule has 2 aromatic carbocycles. The van der Waals surface area contributed by atoms with Gasteiger partial charge in [-0.3, -0.25) is 0 Å². The molecular weight excluding hydrogens is 513 g/mol. The Morgan fingerprint density at radius 3 is 1.76 bits per heavy atom. The standard InChI is InChI=1S/C30H48NO3PSSi/c1-9-29(3,4)33-35(36,34-30(5,6)10-2)32-28(27-22-17-23-31(27)7)24-37(8,25-18-13-11-14-19-25)26-20-15-12-16-21-26/h11-16,18-21,27-28H,9-10,17,22-24H2,1-8H3/t27-,28+/m1/s1. The molecule has 0 aromatic heterocycles. The maximum Gasteiger partial charge on any atom is 0.328 e. The average molecular weight is 562 g/mol. The van der Waals surface area contributed by atoms with E-state index < -0.39 is 26.0 Å². The highest BCUT2D eigenvalue weighted by molar-refractivity contribution is 8.07. The molecule has 3 rings (SSSR count). The van der Waals surface area contributed by atoms with Crippen molar-refractivity contribution in [2.75, 3.05) is 13.6 Å². The van der Waals surface area contributed by atoms with E-state index >= 15 is 0 Å². The third-order valence-corrected chi connectivity index (χ3v) is 15.2. The molecule has 1 fully saturated rings. The number of likely N-dealkylation sites (N-methyl/N-ethyl adjacent to an activating group) is 1. The Morgan fingerprint density at radius 1 is 0.919 bits per heavy atom. The van der Waals surface area contributed by atoms with E-state index in [0.29, 0.717) is 0 Å². The minimum atomic E-state index is -3.07. The third kappa shape index (κ3) is 8.08. The molecule has 0 spiro atoms. The average Bonchev–Trinajstić information content (AvgIpc) is 3.29. The molecule has 2 atom stereocenters. The van der Waals surface area contributed by atoms with Crippen LogP contribution in [0, 0.1) is 0 Å². The number of hydrogen-bond donors (Lipinski definition) is 0. The highest BCUT2D eigenvalue weighted by Crippen LogP contribution is 2.58. The fraction of sp³-hybridized carbons (Fsp3) is 0.600. The van der Waals surface area contributed by atoms with E-state index in [4.69, 9.17) is 25.4 Å². The molecule has 2 aromatic rings. The summed E-state index contributed by atoms with van der Waals surface area (Å²) in [5.74, 6) is 0. The summed E-state index contributed by atoms with van der Waals surface area (Å²) in [6.45, 7) is 13.1. The molecule has 1 heterocycles. The molecule has 0 aliphatic carbocycles. The zero-order valence-electron chi connectivity index (χ0n) is 24.2. The largest absolute Gasteiger partial charge is 0.328 e. The van der Waals surface area contributed by atoms with Gasteiger partial charge < -0.3 is 18.5 Å². The first-order valence-electron chi connectivity index (χ1n) is 13.8. The van der Waals surface area contributed by atoms with E-state index in [-0.39, 0.29) is 12.1 Å². The van der Waals surface area contributed by atoms with Crippen molar-refractivity contribution >= 4 is 37.0 Å². The lowest BCUT2D eigenvalue weighted by atomic mass is 10.1. The van der Waals surface area contributed by atoms with Gasteiger partial charge in [0.2, 0.25) is 0 Å². The number of nitrogens with zero attached hydrogens (tertiary/aromatic N) is 1. The highest BCUT2D eigenvalue weighted by atomic mass is 32.5. The van der Waals surface area contributed by atoms with Crippen molar-refractivity contribution < 1.29 is 13.6 Å². The van der Waals surface area contributed by atoms with E-state index in [9.17, 15) is 0 Å². The molecule has 0 bridgehead atoms. The first-order valence-corrected chi connectivity index (χ1v) is 19.1. The lowest BCUT2D eigenvalue weighted by molar-refractivity contribution is -0.00760. The second-order valence-corrected chi connectivity index (χ2v) is 19.0. The van der Waals surface area contributed by atoms with Gasteiger partial charge in [0.05, 0.1) is 17.3 Å². The van der Waals surface area contributed by atoms with Crippen molar-refractivity contribution in [2.24, 2.45) is 0 Å². The van der Waals surface area contributed by atoms with Crippen LogP contribution in [0.1, 0.15) is 67.2 Å². The molecule has 1 saturated heterocycles. The Morgan fingerprint density at radius 2 is 1.38 bits per heavy atom. The van der Waals surface area contributed by atoms with Crippen LogP contribution in [0.15, 0.2) is 60.7 Å². The van der Waals surface area contributed by atoms with Crippen LogP contribution >= 0.6 is 6.72 Å². The second kappa shape index (κ2) is 12.5. The van der Waals surface area contributed by atoms with Crippen LogP contribution in [0.3, 0.4) is 0 Å². The molecule has 0 unspecified atom stereocenters. The van der Waals surface area contributed by atoms with Crippen LogP contribution in [0.4, 0.5) is 0 Å². The van der Waals surface area contributed by atoms with E-state index in [1.165, 1.54) is 16.8 Å². The van der Waals surface area contributed by atoms with Crippen molar-refractivity contribution in [1.82, 2.24) is 4.90 Å². The fourth-order valence-electron chi connectivity index (χ4n) is 5.03. The van der Waals surface area contributed by atoms with E-state index in [1.54, 1.807) is 0 Å². The predicted octanol–water partition coefficient (Wildman–Crippen LogP) is 6.99. The Kier molecular flexibility index (Phi) is 10.4. The van der Waals surface area contributed by atoms with E-state index in [1.807, 2.05) is 0 Å². The summed E-state index contributed by atoms with van der Waals surface area (Å²) >= 11 is 6.24. The van der Waals surface area contributed by atoms with Gasteiger partial charge in [-0.05, 0) is 84.8 Å². The van der Waals surface area contributed by atoms with Gasteiger partial charge in [-0.15, -0.1) is 0 Å². The van der Waals surface area contributed by atoms with Crippen molar-refractivity contribution in [3.63, 3.8) is 0 Å². The molecule has 37 heavy (non-hydrogen) atoms. The molecule has 7 heteroatoms. The summed E-state index contributed by atoms with van der Waals surface area (Å²) in [4.78, 5) is 2.45. The lowest BCUT2D eigenvalue weighted by Gasteiger charge is -2.42. The Labute approximate surface area is 232 Å². The zero-order chi connectivity index (χ0) is 27.3. The number of rotatable bonds is 13. The Bertz CT molecular complexity index is 972. The Balaban J connectivity index is 2.07. The van der Waals surface area contributed by atoms with Crippen LogP contribution < -0.4 is 10.4 Å². The molecule has 1 aliphatic heterocycles. The summed E-state index contributed by atoms with van der Waals surface area (Å²) in [6, 6.07) is 23.2. The number of likely N-dealkylation sites (tertiary alicyclic amines) is 1. The molecule has 4 nitrogen and oxygen atoms in total. The summed E-state index contributed by atoms with van der Waals surface area (Å²) in [7, 11) is 0.0306. The van der Waals surface area contributed by atoms with Crippen molar-refractivity contribution in [3.05, 3.63) is 60.7 Å². The molecule has 0 N–H and O–H groups in total. The van der Waals surface area contributed by atoms with Crippen molar-refractivity contribution in [3.8, 4) is 0 Å². The summed E-state index contributed by atoms with van der Waals surface area (Å²) in [6.07, 6.45) is 3.84. The van der Waals surface area contributed by atoms with Gasteiger partial charge in [0.1, 0.15) is 8.07 Å². The normalized spacial score (nSPS) is 18.8. The van der Waals surface area contributed by atoms with Gasteiger partial charge in [0.25, 0.3) is 0 Å². The number of benzene rings is 2. The van der Waals surface area contributed by atoms with Gasteiger partial charge in [-0.25, -0.2) is 0 Å². The fourth-order valence-corrected chi connectivity index (χ4v) is 12.7. The quantitative estimate of drug-likeness (QED) is 0.194. The predicted molar refractivity (Wildman–Crippen MR) is 164 cm³/mol. The molecule has 0 radical (unpaired) electrons. The van der Waals surface area contributed by atoms with Gasteiger partial charge >= 0.3 is 6.72 Å².